The average Bonchev–Trinajstić information content (AvgIpc) is 2.01. The van der Waals surface area contributed by atoms with Gasteiger partial charge in [0.25, 0.3) is 0 Å². The molecule has 0 aromatic rings. The molecule has 0 saturated heterocycles. The molecule has 0 aliphatic heterocycles. The standard InChI is InChI=1S/C10H23NO3/c1-9(2,3)14-6-5-11-7-10(4,13)8-12/h11-13H,5-8H2,1-4H3. The van der Waals surface area contributed by atoms with Crippen molar-refractivity contribution in [3.63, 3.8) is 0 Å². The summed E-state index contributed by atoms with van der Waals surface area (Å²) >= 11 is 0. The number of rotatable bonds is 6. The highest BCUT2D eigenvalue weighted by Crippen LogP contribution is 2.05. The molecule has 14 heavy (non-hydrogen) atoms. The molecule has 3 N–H and O–H groups in total. The summed E-state index contributed by atoms with van der Waals surface area (Å²) in [5.74, 6) is 0. The molecular weight excluding hydrogens is 182 g/mol. The molecule has 0 aliphatic rings. The van der Waals surface area contributed by atoms with Crippen molar-refractivity contribution in [2.75, 3.05) is 26.3 Å². The van der Waals surface area contributed by atoms with Gasteiger partial charge in [0.15, 0.2) is 0 Å². The van der Waals surface area contributed by atoms with Crippen LogP contribution >= 0.6 is 0 Å². The Morgan fingerprint density at radius 1 is 1.21 bits per heavy atom. The van der Waals surface area contributed by atoms with Crippen LogP contribution in [0, 0.1) is 0 Å². The lowest BCUT2D eigenvalue weighted by molar-refractivity contribution is -0.0126. The van der Waals surface area contributed by atoms with Crippen LogP contribution in [0.4, 0.5) is 0 Å². The van der Waals surface area contributed by atoms with E-state index in [-0.39, 0.29) is 12.2 Å². The van der Waals surface area contributed by atoms with Gasteiger partial charge in [-0.15, -0.1) is 0 Å². The van der Waals surface area contributed by atoms with Gasteiger partial charge in [0.1, 0.15) is 0 Å². The fourth-order valence-corrected chi connectivity index (χ4v) is 0.843. The van der Waals surface area contributed by atoms with Gasteiger partial charge in [-0.1, -0.05) is 0 Å². The molecule has 0 saturated carbocycles. The third kappa shape index (κ3) is 8.44. The topological polar surface area (TPSA) is 61.7 Å². The number of aliphatic hydroxyl groups excluding tert-OH is 1. The molecule has 0 rings (SSSR count). The van der Waals surface area contributed by atoms with Gasteiger partial charge in [-0.2, -0.15) is 0 Å². The van der Waals surface area contributed by atoms with Crippen LogP contribution in [0.1, 0.15) is 27.7 Å². The first kappa shape index (κ1) is 13.8. The summed E-state index contributed by atoms with van der Waals surface area (Å²) in [4.78, 5) is 0. The van der Waals surface area contributed by atoms with E-state index in [9.17, 15) is 5.11 Å². The fourth-order valence-electron chi connectivity index (χ4n) is 0.843. The summed E-state index contributed by atoms with van der Waals surface area (Å²) in [7, 11) is 0. The third-order valence-corrected chi connectivity index (χ3v) is 1.66. The lowest BCUT2D eigenvalue weighted by Crippen LogP contribution is -2.42. The molecule has 1 unspecified atom stereocenters. The Bertz CT molecular complexity index is 152. The monoisotopic (exact) mass is 205 g/mol. The second-order valence-corrected chi connectivity index (χ2v) is 4.79. The smallest absolute Gasteiger partial charge is 0.0972 e. The highest BCUT2D eigenvalue weighted by atomic mass is 16.5. The maximum Gasteiger partial charge on any atom is 0.0972 e. The molecule has 0 radical (unpaired) electrons. The number of nitrogens with one attached hydrogen (secondary N) is 1. The van der Waals surface area contributed by atoms with Gasteiger partial charge in [0.05, 0.1) is 24.4 Å². The molecule has 4 heteroatoms. The normalized spacial score (nSPS) is 16.7. The van der Waals surface area contributed by atoms with Gasteiger partial charge < -0.3 is 20.3 Å². The molecule has 0 aromatic carbocycles. The lowest BCUT2D eigenvalue weighted by Gasteiger charge is -2.22. The van der Waals surface area contributed by atoms with Crippen molar-refractivity contribution >= 4 is 0 Å². The molecular formula is C10H23NO3. The Morgan fingerprint density at radius 2 is 1.79 bits per heavy atom. The molecule has 0 heterocycles. The van der Waals surface area contributed by atoms with Crippen molar-refractivity contribution in [3.05, 3.63) is 0 Å². The van der Waals surface area contributed by atoms with Crippen LogP contribution < -0.4 is 5.32 Å². The van der Waals surface area contributed by atoms with Crippen LogP contribution in [0.5, 0.6) is 0 Å². The highest BCUT2D eigenvalue weighted by molar-refractivity contribution is 4.73. The highest BCUT2D eigenvalue weighted by Gasteiger charge is 2.17. The van der Waals surface area contributed by atoms with Crippen LogP contribution in [0.2, 0.25) is 0 Å². The molecule has 0 spiro atoms. The maximum absolute atomic E-state index is 9.43. The van der Waals surface area contributed by atoms with Crippen molar-refractivity contribution in [2.45, 2.75) is 38.9 Å². The van der Waals surface area contributed by atoms with E-state index in [1.807, 2.05) is 20.8 Å². The van der Waals surface area contributed by atoms with E-state index in [0.717, 1.165) is 0 Å². The average molecular weight is 205 g/mol. The van der Waals surface area contributed by atoms with Gasteiger partial charge in [-0.25, -0.2) is 0 Å². The van der Waals surface area contributed by atoms with Gasteiger partial charge in [-0.05, 0) is 27.7 Å². The Morgan fingerprint density at radius 3 is 2.21 bits per heavy atom. The molecule has 1 atom stereocenters. The summed E-state index contributed by atoms with van der Waals surface area (Å²) < 4.78 is 5.47. The zero-order valence-electron chi connectivity index (χ0n) is 9.63. The molecule has 0 bridgehead atoms. The van der Waals surface area contributed by atoms with Crippen LogP contribution in [0.3, 0.4) is 0 Å². The van der Waals surface area contributed by atoms with Crippen LogP contribution in [0.25, 0.3) is 0 Å². The summed E-state index contributed by atoms with van der Waals surface area (Å²) in [5.41, 5.74) is -1.16. The summed E-state index contributed by atoms with van der Waals surface area (Å²) in [6.07, 6.45) is 0. The van der Waals surface area contributed by atoms with E-state index in [1.54, 1.807) is 6.92 Å². The Kier molecular flexibility index (Phi) is 5.59. The number of ether oxygens (including phenoxy) is 1. The van der Waals surface area contributed by atoms with E-state index in [4.69, 9.17) is 9.84 Å². The first-order chi connectivity index (χ1) is 6.27. The number of hydrogen-bond donors (Lipinski definition) is 3. The van der Waals surface area contributed by atoms with E-state index < -0.39 is 5.60 Å². The quantitative estimate of drug-likeness (QED) is 0.540. The molecule has 0 aromatic heterocycles. The minimum absolute atomic E-state index is 0.124. The Balaban J connectivity index is 3.39. The molecule has 0 fully saturated rings. The third-order valence-electron chi connectivity index (χ3n) is 1.66. The zero-order chi connectivity index (χ0) is 11.2. The zero-order valence-corrected chi connectivity index (χ0v) is 9.63. The number of aliphatic hydroxyl groups is 2. The first-order valence-corrected chi connectivity index (χ1v) is 4.95. The Hall–Kier alpha value is -0.160. The van der Waals surface area contributed by atoms with E-state index in [1.165, 1.54) is 0 Å². The second-order valence-electron chi connectivity index (χ2n) is 4.79. The van der Waals surface area contributed by atoms with Gasteiger partial charge in [0, 0.05) is 13.1 Å². The van der Waals surface area contributed by atoms with E-state index >= 15 is 0 Å². The number of hydrogen-bond acceptors (Lipinski definition) is 4. The SMILES string of the molecule is CC(O)(CO)CNCCOC(C)(C)C. The van der Waals surface area contributed by atoms with E-state index in [0.29, 0.717) is 19.7 Å². The lowest BCUT2D eigenvalue weighted by atomic mass is 10.1. The Labute approximate surface area is 86.3 Å². The molecule has 0 aliphatic carbocycles. The molecule has 4 nitrogen and oxygen atoms in total. The van der Waals surface area contributed by atoms with Gasteiger partial charge in [0.2, 0.25) is 0 Å². The fraction of sp³-hybridized carbons (Fsp3) is 1.00. The minimum atomic E-state index is -1.04. The maximum atomic E-state index is 9.43. The van der Waals surface area contributed by atoms with E-state index in [2.05, 4.69) is 5.32 Å². The summed E-state index contributed by atoms with van der Waals surface area (Å²) in [6, 6.07) is 0. The van der Waals surface area contributed by atoms with Gasteiger partial charge >= 0.3 is 0 Å². The second kappa shape index (κ2) is 5.66. The van der Waals surface area contributed by atoms with Crippen LogP contribution in [0.15, 0.2) is 0 Å². The van der Waals surface area contributed by atoms with Crippen LogP contribution in [-0.2, 0) is 4.74 Å². The van der Waals surface area contributed by atoms with Crippen molar-refractivity contribution in [1.82, 2.24) is 5.32 Å². The van der Waals surface area contributed by atoms with Crippen LogP contribution in [-0.4, -0.2) is 47.7 Å². The first-order valence-electron chi connectivity index (χ1n) is 4.95. The van der Waals surface area contributed by atoms with Gasteiger partial charge in [-0.3, -0.25) is 0 Å². The minimum Gasteiger partial charge on any atom is -0.393 e. The van der Waals surface area contributed by atoms with Crippen molar-refractivity contribution in [1.29, 1.82) is 0 Å². The van der Waals surface area contributed by atoms with Crippen molar-refractivity contribution < 1.29 is 14.9 Å². The summed E-state index contributed by atoms with van der Waals surface area (Å²) in [6.45, 7) is 8.99. The predicted molar refractivity (Wildman–Crippen MR) is 56.3 cm³/mol. The summed E-state index contributed by atoms with van der Waals surface area (Å²) in [5, 5.41) is 21.2. The predicted octanol–water partition coefficient (Wildman–Crippen LogP) is 0.134. The molecule has 86 valence electrons. The van der Waals surface area contributed by atoms with Crippen molar-refractivity contribution in [3.8, 4) is 0 Å². The largest absolute Gasteiger partial charge is 0.393 e. The van der Waals surface area contributed by atoms with Crippen molar-refractivity contribution in [2.24, 2.45) is 0 Å². The molecule has 0 amide bonds.